The summed E-state index contributed by atoms with van der Waals surface area (Å²) in [5.74, 6) is -0.468. The van der Waals surface area contributed by atoms with Gasteiger partial charge in [-0.25, -0.2) is 13.1 Å². The van der Waals surface area contributed by atoms with Crippen LogP contribution in [-0.4, -0.2) is 27.5 Å². The lowest BCUT2D eigenvalue weighted by Crippen LogP contribution is -2.25. The van der Waals surface area contributed by atoms with Gasteiger partial charge in [-0.2, -0.15) is 13.2 Å². The molecule has 0 aromatic heterocycles. The Kier molecular flexibility index (Phi) is 6.63. The summed E-state index contributed by atoms with van der Waals surface area (Å²) < 4.78 is 71.3. The molecule has 0 radical (unpaired) electrons. The molecule has 0 aliphatic heterocycles. The molecule has 1 amide bonds. The Labute approximate surface area is 182 Å². The average molecular weight is 475 g/mol. The number of amides is 1. The molecule has 0 bridgehead atoms. The smallest absolute Gasteiger partial charge is 0.417 e. The Morgan fingerprint density at radius 3 is 2.52 bits per heavy atom. The van der Waals surface area contributed by atoms with Gasteiger partial charge in [-0.1, -0.05) is 17.7 Å². The molecule has 0 saturated heterocycles. The van der Waals surface area contributed by atoms with E-state index in [0.29, 0.717) is 0 Å². The standard InChI is InChI=1S/C20H18ClF3N2O4S/c1-30-18-8-6-14(31(28,29)26-13-4-5-13)11-17(18)25-19(27)9-3-12-2-7-16(21)15(10-12)20(22,23)24/h2-3,6-11,13,26H,4-5H2,1H3,(H,25,27)/b9-3+. The van der Waals surface area contributed by atoms with Crippen LogP contribution in [0.3, 0.4) is 0 Å². The van der Waals surface area contributed by atoms with Crippen molar-refractivity contribution in [1.82, 2.24) is 4.72 Å². The molecule has 1 fully saturated rings. The maximum Gasteiger partial charge on any atom is 0.417 e. The number of carbonyl (C=O) groups is 1. The summed E-state index contributed by atoms with van der Waals surface area (Å²) in [5, 5.41) is 2.03. The Bertz CT molecular complexity index is 1130. The molecular formula is C20H18ClF3N2O4S. The zero-order valence-corrected chi connectivity index (χ0v) is 17.7. The molecule has 3 rings (SSSR count). The second-order valence-corrected chi connectivity index (χ2v) is 8.94. The normalized spacial score (nSPS) is 14.6. The number of alkyl halides is 3. The second kappa shape index (κ2) is 8.89. The third kappa shape index (κ3) is 5.99. The quantitative estimate of drug-likeness (QED) is 0.580. The maximum absolute atomic E-state index is 13.0. The van der Waals surface area contributed by atoms with Crippen molar-refractivity contribution in [3.05, 3.63) is 58.6 Å². The van der Waals surface area contributed by atoms with Crippen LogP contribution < -0.4 is 14.8 Å². The number of anilines is 1. The van der Waals surface area contributed by atoms with Gasteiger partial charge in [0.05, 0.1) is 28.3 Å². The summed E-state index contributed by atoms with van der Waals surface area (Å²) in [6.07, 6.45) is -0.888. The monoisotopic (exact) mass is 474 g/mol. The summed E-state index contributed by atoms with van der Waals surface area (Å²) in [5.41, 5.74) is -0.800. The molecule has 166 valence electrons. The highest BCUT2D eigenvalue weighted by Crippen LogP contribution is 2.35. The fourth-order valence-electron chi connectivity index (χ4n) is 2.65. The van der Waals surface area contributed by atoms with Crippen molar-refractivity contribution in [2.45, 2.75) is 30.0 Å². The van der Waals surface area contributed by atoms with Crippen LogP contribution >= 0.6 is 11.6 Å². The number of benzene rings is 2. The third-order valence-corrected chi connectivity index (χ3v) is 6.21. The molecule has 2 aromatic carbocycles. The fraction of sp³-hybridized carbons (Fsp3) is 0.250. The largest absolute Gasteiger partial charge is 0.495 e. The van der Waals surface area contributed by atoms with Crippen LogP contribution in [0.25, 0.3) is 6.08 Å². The molecule has 0 spiro atoms. The van der Waals surface area contributed by atoms with Gasteiger partial charge < -0.3 is 10.1 Å². The van der Waals surface area contributed by atoms with Crippen LogP contribution in [0.15, 0.2) is 47.4 Å². The maximum atomic E-state index is 13.0. The number of nitrogens with one attached hydrogen (secondary N) is 2. The van der Waals surface area contributed by atoms with E-state index in [1.54, 1.807) is 0 Å². The highest BCUT2D eigenvalue weighted by Gasteiger charge is 2.33. The number of hydrogen-bond acceptors (Lipinski definition) is 4. The lowest BCUT2D eigenvalue weighted by Gasteiger charge is -2.12. The van der Waals surface area contributed by atoms with E-state index in [1.165, 1.54) is 37.5 Å². The topological polar surface area (TPSA) is 84.5 Å². The van der Waals surface area contributed by atoms with Crippen LogP contribution in [0.5, 0.6) is 5.75 Å². The van der Waals surface area contributed by atoms with Crippen LogP contribution in [-0.2, 0) is 21.0 Å². The van der Waals surface area contributed by atoms with Gasteiger partial charge in [-0.05, 0) is 54.8 Å². The average Bonchev–Trinajstić information content (AvgIpc) is 3.49. The van der Waals surface area contributed by atoms with E-state index < -0.39 is 32.7 Å². The van der Waals surface area contributed by atoms with Crippen molar-refractivity contribution in [3.8, 4) is 5.75 Å². The molecule has 1 saturated carbocycles. The number of halogens is 4. The van der Waals surface area contributed by atoms with Crippen LogP contribution in [0.1, 0.15) is 24.0 Å². The van der Waals surface area contributed by atoms with E-state index in [9.17, 15) is 26.4 Å². The van der Waals surface area contributed by atoms with Gasteiger partial charge in [0.15, 0.2) is 0 Å². The van der Waals surface area contributed by atoms with E-state index in [4.69, 9.17) is 16.3 Å². The van der Waals surface area contributed by atoms with Crippen molar-refractivity contribution in [3.63, 3.8) is 0 Å². The summed E-state index contributed by atoms with van der Waals surface area (Å²) >= 11 is 5.58. The first-order valence-electron chi connectivity index (χ1n) is 9.06. The highest BCUT2D eigenvalue weighted by atomic mass is 35.5. The van der Waals surface area contributed by atoms with Crippen molar-refractivity contribution in [2.24, 2.45) is 0 Å². The van der Waals surface area contributed by atoms with Crippen LogP contribution in [0, 0.1) is 0 Å². The predicted octanol–water partition coefficient (Wildman–Crippen LogP) is 4.46. The number of rotatable bonds is 7. The molecule has 2 aromatic rings. The van der Waals surface area contributed by atoms with Gasteiger partial charge in [0.25, 0.3) is 0 Å². The SMILES string of the molecule is COc1ccc(S(=O)(=O)NC2CC2)cc1NC(=O)/C=C/c1ccc(Cl)c(C(F)(F)F)c1. The lowest BCUT2D eigenvalue weighted by atomic mass is 10.1. The van der Waals surface area contributed by atoms with Crippen LogP contribution in [0.2, 0.25) is 5.02 Å². The number of hydrogen-bond donors (Lipinski definition) is 2. The van der Waals surface area contributed by atoms with Crippen molar-refractivity contribution in [1.29, 1.82) is 0 Å². The summed E-state index contributed by atoms with van der Waals surface area (Å²) in [4.78, 5) is 12.2. The van der Waals surface area contributed by atoms with E-state index in [2.05, 4.69) is 10.0 Å². The third-order valence-electron chi connectivity index (χ3n) is 4.36. The molecule has 6 nitrogen and oxygen atoms in total. The zero-order valence-electron chi connectivity index (χ0n) is 16.2. The number of methoxy groups -OCH3 is 1. The molecule has 2 N–H and O–H groups in total. The first kappa shape index (κ1) is 23.1. The Balaban J connectivity index is 1.79. The summed E-state index contributed by atoms with van der Waals surface area (Å²) in [6.45, 7) is 0. The van der Waals surface area contributed by atoms with Gasteiger partial charge in [-0.3, -0.25) is 4.79 Å². The highest BCUT2D eigenvalue weighted by molar-refractivity contribution is 7.89. The molecule has 0 unspecified atom stereocenters. The minimum atomic E-state index is -4.63. The number of carbonyl (C=O) groups excluding carboxylic acids is 1. The Morgan fingerprint density at radius 2 is 1.90 bits per heavy atom. The van der Waals surface area contributed by atoms with E-state index in [-0.39, 0.29) is 27.9 Å². The van der Waals surface area contributed by atoms with E-state index >= 15 is 0 Å². The molecule has 1 aliphatic rings. The predicted molar refractivity (Wildman–Crippen MR) is 110 cm³/mol. The van der Waals surface area contributed by atoms with Crippen LogP contribution in [0.4, 0.5) is 18.9 Å². The van der Waals surface area contributed by atoms with Gasteiger partial charge in [0.2, 0.25) is 15.9 Å². The van der Waals surface area contributed by atoms with Gasteiger partial charge in [-0.15, -0.1) is 0 Å². The van der Waals surface area contributed by atoms with Gasteiger partial charge >= 0.3 is 6.18 Å². The fourth-order valence-corrected chi connectivity index (χ4v) is 4.21. The minimum absolute atomic E-state index is 0.0491. The Morgan fingerprint density at radius 1 is 1.19 bits per heavy atom. The minimum Gasteiger partial charge on any atom is -0.495 e. The molecule has 0 atom stereocenters. The first-order chi connectivity index (χ1) is 14.5. The Hall–Kier alpha value is -2.56. The summed E-state index contributed by atoms with van der Waals surface area (Å²) in [7, 11) is -2.40. The van der Waals surface area contributed by atoms with E-state index in [1.807, 2.05) is 0 Å². The molecule has 0 heterocycles. The van der Waals surface area contributed by atoms with E-state index in [0.717, 1.165) is 31.1 Å². The lowest BCUT2D eigenvalue weighted by molar-refractivity contribution is -0.137. The van der Waals surface area contributed by atoms with Gasteiger partial charge in [0.1, 0.15) is 5.75 Å². The number of sulfonamides is 1. The zero-order chi connectivity index (χ0) is 22.8. The molecule has 1 aliphatic carbocycles. The van der Waals surface area contributed by atoms with Crippen molar-refractivity contribution >= 4 is 39.3 Å². The first-order valence-corrected chi connectivity index (χ1v) is 10.9. The van der Waals surface area contributed by atoms with Crippen molar-refractivity contribution < 1.29 is 31.1 Å². The number of ether oxygens (including phenoxy) is 1. The van der Waals surface area contributed by atoms with Gasteiger partial charge in [0, 0.05) is 12.1 Å². The molecule has 11 heteroatoms. The second-order valence-electron chi connectivity index (χ2n) is 6.82. The molecule has 31 heavy (non-hydrogen) atoms. The summed E-state index contributed by atoms with van der Waals surface area (Å²) in [6, 6.07) is 7.15. The van der Waals surface area contributed by atoms with Crippen molar-refractivity contribution in [2.75, 3.05) is 12.4 Å². The molecular weight excluding hydrogens is 457 g/mol.